The minimum atomic E-state index is -0.487. The third kappa shape index (κ3) is 2.78. The van der Waals surface area contributed by atoms with Gasteiger partial charge in [-0.1, -0.05) is 29.5 Å². The second-order valence-electron chi connectivity index (χ2n) is 4.64. The number of benzene rings is 1. The van der Waals surface area contributed by atoms with Gasteiger partial charge >= 0.3 is 0 Å². The summed E-state index contributed by atoms with van der Waals surface area (Å²) in [6.45, 7) is 3.72. The first kappa shape index (κ1) is 15.1. The van der Waals surface area contributed by atoms with Crippen molar-refractivity contribution in [1.29, 1.82) is 5.26 Å². The van der Waals surface area contributed by atoms with Crippen molar-refractivity contribution in [1.82, 2.24) is 5.32 Å². The maximum Gasteiger partial charge on any atom is 0.264 e. The molecule has 1 aliphatic heterocycles. The number of carbonyl (C=O) groups excluding carboxylic acids is 2. The van der Waals surface area contributed by atoms with Gasteiger partial charge in [0, 0.05) is 12.7 Å². The Kier molecular flexibility index (Phi) is 4.34. The lowest BCUT2D eigenvalue weighted by atomic mass is 10.2. The van der Waals surface area contributed by atoms with Crippen LogP contribution >= 0.6 is 11.8 Å². The SMILES string of the molecule is CNC(=O)/C(C#N)=C1\S[C@H](C)C(=O)N1c1ccc(C)cc1. The molecule has 5 nitrogen and oxygen atoms in total. The van der Waals surface area contributed by atoms with Crippen LogP contribution in [0.2, 0.25) is 0 Å². The first-order chi connectivity index (χ1) is 9.99. The standard InChI is InChI=1S/C15H15N3O2S/c1-9-4-6-11(7-5-9)18-14(20)10(2)21-15(18)12(8-16)13(19)17-3/h4-7,10H,1-3H3,(H,17,19)/b15-12-/t10-/m1/s1. The summed E-state index contributed by atoms with van der Waals surface area (Å²) in [6, 6.07) is 9.30. The van der Waals surface area contributed by atoms with Crippen molar-refractivity contribution in [3.8, 4) is 6.07 Å². The summed E-state index contributed by atoms with van der Waals surface area (Å²) in [5.41, 5.74) is 1.69. The van der Waals surface area contributed by atoms with Crippen LogP contribution in [0.4, 0.5) is 5.69 Å². The lowest BCUT2D eigenvalue weighted by Crippen LogP contribution is -2.29. The van der Waals surface area contributed by atoms with Crippen LogP contribution in [0, 0.1) is 18.3 Å². The van der Waals surface area contributed by atoms with Gasteiger partial charge in [-0.3, -0.25) is 14.5 Å². The van der Waals surface area contributed by atoms with Gasteiger partial charge in [0.25, 0.3) is 5.91 Å². The highest BCUT2D eigenvalue weighted by Gasteiger charge is 2.38. The minimum absolute atomic E-state index is 0.0409. The van der Waals surface area contributed by atoms with Crippen molar-refractivity contribution < 1.29 is 9.59 Å². The van der Waals surface area contributed by atoms with Crippen molar-refractivity contribution in [3.05, 3.63) is 40.4 Å². The van der Waals surface area contributed by atoms with Crippen LogP contribution in [0.25, 0.3) is 0 Å². The lowest BCUT2D eigenvalue weighted by Gasteiger charge is -2.18. The first-order valence-electron chi connectivity index (χ1n) is 6.43. The molecule has 108 valence electrons. The molecule has 0 saturated carbocycles. The van der Waals surface area contributed by atoms with E-state index in [0.717, 1.165) is 5.56 Å². The number of hydrogen-bond acceptors (Lipinski definition) is 4. The van der Waals surface area contributed by atoms with Gasteiger partial charge < -0.3 is 5.32 Å². The van der Waals surface area contributed by atoms with E-state index in [-0.39, 0.29) is 16.7 Å². The normalized spacial score (nSPS) is 20.2. The number of likely N-dealkylation sites (N-methyl/N-ethyl adjacent to an activating group) is 1. The molecular formula is C15H15N3O2S. The summed E-state index contributed by atoms with van der Waals surface area (Å²) >= 11 is 1.23. The fourth-order valence-corrected chi connectivity index (χ4v) is 3.08. The summed E-state index contributed by atoms with van der Waals surface area (Å²) in [4.78, 5) is 25.6. The highest BCUT2D eigenvalue weighted by atomic mass is 32.2. The lowest BCUT2D eigenvalue weighted by molar-refractivity contribution is -0.117. The van der Waals surface area contributed by atoms with E-state index >= 15 is 0 Å². The van der Waals surface area contributed by atoms with Gasteiger partial charge in [-0.25, -0.2) is 0 Å². The molecule has 1 heterocycles. The van der Waals surface area contributed by atoms with Gasteiger partial charge in [0.15, 0.2) is 0 Å². The fraction of sp³-hybridized carbons (Fsp3) is 0.267. The molecular weight excluding hydrogens is 286 g/mol. The van der Waals surface area contributed by atoms with Gasteiger partial charge in [0.1, 0.15) is 16.7 Å². The number of nitrogens with one attached hydrogen (secondary N) is 1. The second-order valence-corrected chi connectivity index (χ2v) is 5.97. The highest BCUT2D eigenvalue weighted by Crippen LogP contribution is 2.40. The van der Waals surface area contributed by atoms with E-state index in [9.17, 15) is 14.9 Å². The van der Waals surface area contributed by atoms with Crippen molar-refractivity contribution in [2.45, 2.75) is 19.1 Å². The van der Waals surface area contributed by atoms with E-state index < -0.39 is 5.91 Å². The summed E-state index contributed by atoms with van der Waals surface area (Å²) in [6.07, 6.45) is 0. The molecule has 2 rings (SSSR count). The topological polar surface area (TPSA) is 73.2 Å². The highest BCUT2D eigenvalue weighted by molar-refractivity contribution is 8.05. The Morgan fingerprint density at radius 3 is 2.52 bits per heavy atom. The monoisotopic (exact) mass is 301 g/mol. The van der Waals surface area contributed by atoms with E-state index in [2.05, 4.69) is 5.32 Å². The Hall–Kier alpha value is -2.26. The molecule has 6 heteroatoms. The summed E-state index contributed by atoms with van der Waals surface area (Å²) < 4.78 is 0. The molecule has 1 aromatic rings. The average Bonchev–Trinajstić information content (AvgIpc) is 2.76. The van der Waals surface area contributed by atoms with Gasteiger partial charge in [0.05, 0.1) is 5.25 Å². The van der Waals surface area contributed by atoms with Crippen LogP contribution in [0.1, 0.15) is 12.5 Å². The van der Waals surface area contributed by atoms with Gasteiger partial charge in [-0.15, -0.1) is 0 Å². The Morgan fingerprint density at radius 2 is 2.00 bits per heavy atom. The van der Waals surface area contributed by atoms with Crippen LogP contribution in [-0.4, -0.2) is 24.1 Å². The van der Waals surface area contributed by atoms with Crippen LogP contribution in [0.5, 0.6) is 0 Å². The summed E-state index contributed by atoms with van der Waals surface area (Å²) in [5.74, 6) is -0.616. The molecule has 1 saturated heterocycles. The largest absolute Gasteiger partial charge is 0.354 e. The summed E-state index contributed by atoms with van der Waals surface area (Å²) in [7, 11) is 1.46. The number of rotatable bonds is 2. The molecule has 1 aliphatic rings. The quantitative estimate of drug-likeness (QED) is 0.669. The molecule has 1 N–H and O–H groups in total. The maximum absolute atomic E-state index is 12.4. The third-order valence-electron chi connectivity index (χ3n) is 3.13. The Balaban J connectivity index is 2.57. The van der Waals surface area contributed by atoms with Crippen molar-refractivity contribution in [2.75, 3.05) is 11.9 Å². The van der Waals surface area contributed by atoms with Gasteiger partial charge in [0.2, 0.25) is 5.91 Å². The number of nitrogens with zero attached hydrogens (tertiary/aromatic N) is 2. The zero-order valence-corrected chi connectivity index (χ0v) is 12.8. The summed E-state index contributed by atoms with van der Waals surface area (Å²) in [5, 5.41) is 11.7. The Morgan fingerprint density at radius 1 is 1.38 bits per heavy atom. The molecule has 0 aromatic heterocycles. The van der Waals surface area contributed by atoms with Crippen LogP contribution in [-0.2, 0) is 9.59 Å². The minimum Gasteiger partial charge on any atom is -0.354 e. The molecule has 0 bridgehead atoms. The van der Waals surface area contributed by atoms with Crippen molar-refractivity contribution >= 4 is 29.3 Å². The molecule has 1 atom stereocenters. The fourth-order valence-electron chi connectivity index (χ4n) is 1.98. The van der Waals surface area contributed by atoms with E-state index in [4.69, 9.17) is 0 Å². The van der Waals surface area contributed by atoms with E-state index in [1.807, 2.05) is 37.3 Å². The van der Waals surface area contributed by atoms with Crippen LogP contribution in [0.15, 0.2) is 34.9 Å². The van der Waals surface area contributed by atoms with E-state index in [1.54, 1.807) is 6.92 Å². The number of aryl methyl sites for hydroxylation is 1. The van der Waals surface area contributed by atoms with Gasteiger partial charge in [-0.2, -0.15) is 5.26 Å². The number of nitriles is 1. The average molecular weight is 301 g/mol. The zero-order valence-electron chi connectivity index (χ0n) is 12.0. The molecule has 0 unspecified atom stereocenters. The maximum atomic E-state index is 12.4. The third-order valence-corrected chi connectivity index (χ3v) is 4.30. The molecule has 21 heavy (non-hydrogen) atoms. The Labute approximate surface area is 127 Å². The molecule has 1 fully saturated rings. The van der Waals surface area contributed by atoms with E-state index in [0.29, 0.717) is 10.7 Å². The van der Waals surface area contributed by atoms with Crippen molar-refractivity contribution in [2.24, 2.45) is 0 Å². The molecule has 2 amide bonds. The number of hydrogen-bond donors (Lipinski definition) is 1. The predicted octanol–water partition coefficient (Wildman–Crippen LogP) is 1.94. The number of amides is 2. The second kappa shape index (κ2) is 6.02. The molecule has 0 aliphatic carbocycles. The molecule has 0 spiro atoms. The van der Waals surface area contributed by atoms with E-state index in [1.165, 1.54) is 23.7 Å². The zero-order chi connectivity index (χ0) is 15.6. The Bertz CT molecular complexity index is 658. The van der Waals surface area contributed by atoms with Crippen LogP contribution < -0.4 is 10.2 Å². The van der Waals surface area contributed by atoms with Crippen molar-refractivity contribution in [3.63, 3.8) is 0 Å². The first-order valence-corrected chi connectivity index (χ1v) is 7.31. The smallest absolute Gasteiger partial charge is 0.264 e. The molecule has 1 aromatic carbocycles. The number of thioether (sulfide) groups is 1. The van der Waals surface area contributed by atoms with Crippen LogP contribution in [0.3, 0.4) is 0 Å². The number of carbonyl (C=O) groups is 2. The number of anilines is 1. The van der Waals surface area contributed by atoms with Gasteiger partial charge in [-0.05, 0) is 26.0 Å². The molecule has 0 radical (unpaired) electrons. The predicted molar refractivity (Wildman–Crippen MR) is 82.4 cm³/mol.